The minimum atomic E-state index is -0.979. The highest BCUT2D eigenvalue weighted by atomic mass is 19.1. The van der Waals surface area contributed by atoms with Crippen molar-refractivity contribution in [2.75, 3.05) is 6.54 Å². The highest BCUT2D eigenvalue weighted by Crippen LogP contribution is 2.17. The van der Waals surface area contributed by atoms with Gasteiger partial charge in [-0.25, -0.2) is 4.39 Å². The number of nitro benzene ring substituents is 1. The number of aliphatic hydroxyl groups is 1. The zero-order valence-corrected chi connectivity index (χ0v) is 12.1. The van der Waals surface area contributed by atoms with Crippen molar-refractivity contribution in [1.82, 2.24) is 5.32 Å². The summed E-state index contributed by atoms with van der Waals surface area (Å²) in [5.74, 6) is -0.766. The SMILES string of the molecule is O=C(Cc1cccc(F)c1)NCC(O)c1ccc([N+](=O)[O-])cc1. The molecule has 0 fully saturated rings. The molecule has 0 aliphatic carbocycles. The van der Waals surface area contributed by atoms with E-state index >= 15 is 0 Å². The predicted octanol–water partition coefficient (Wildman–Crippen LogP) is 2.13. The summed E-state index contributed by atoms with van der Waals surface area (Å²) in [4.78, 5) is 21.8. The number of aliphatic hydroxyl groups excluding tert-OH is 1. The molecular weight excluding hydrogens is 303 g/mol. The highest BCUT2D eigenvalue weighted by Gasteiger charge is 2.12. The number of benzene rings is 2. The van der Waals surface area contributed by atoms with Gasteiger partial charge in [0.1, 0.15) is 5.82 Å². The lowest BCUT2D eigenvalue weighted by molar-refractivity contribution is -0.384. The molecule has 0 saturated carbocycles. The van der Waals surface area contributed by atoms with Gasteiger partial charge in [-0.15, -0.1) is 0 Å². The van der Waals surface area contributed by atoms with Crippen molar-refractivity contribution in [3.63, 3.8) is 0 Å². The molecule has 2 aromatic rings. The van der Waals surface area contributed by atoms with Gasteiger partial charge in [0.15, 0.2) is 0 Å². The number of halogens is 1. The van der Waals surface area contributed by atoms with Crippen LogP contribution in [-0.4, -0.2) is 22.5 Å². The first-order valence-electron chi connectivity index (χ1n) is 6.89. The second-order valence-corrected chi connectivity index (χ2v) is 4.98. The van der Waals surface area contributed by atoms with E-state index in [0.29, 0.717) is 11.1 Å². The number of non-ortho nitro benzene ring substituents is 1. The molecule has 7 heteroatoms. The van der Waals surface area contributed by atoms with E-state index < -0.39 is 16.8 Å². The van der Waals surface area contributed by atoms with Crippen LogP contribution in [0.25, 0.3) is 0 Å². The Morgan fingerprint density at radius 1 is 1.26 bits per heavy atom. The van der Waals surface area contributed by atoms with Crippen LogP contribution in [0.5, 0.6) is 0 Å². The molecule has 2 rings (SSSR count). The number of nitrogens with zero attached hydrogens (tertiary/aromatic N) is 1. The van der Waals surface area contributed by atoms with E-state index in [4.69, 9.17) is 0 Å². The standard InChI is InChI=1S/C16H15FN2O4/c17-13-3-1-2-11(8-13)9-16(21)18-10-15(20)12-4-6-14(7-5-12)19(22)23/h1-8,15,20H,9-10H2,(H,18,21). The molecule has 0 spiro atoms. The summed E-state index contributed by atoms with van der Waals surface area (Å²) < 4.78 is 13.0. The van der Waals surface area contributed by atoms with Crippen molar-refractivity contribution in [3.8, 4) is 0 Å². The number of carbonyl (C=O) groups excluding carboxylic acids is 1. The maximum atomic E-state index is 13.0. The highest BCUT2D eigenvalue weighted by molar-refractivity contribution is 5.78. The van der Waals surface area contributed by atoms with Crippen molar-refractivity contribution in [3.05, 3.63) is 75.6 Å². The molecule has 1 atom stereocenters. The van der Waals surface area contributed by atoms with Gasteiger partial charge in [-0.3, -0.25) is 14.9 Å². The Balaban J connectivity index is 1.87. The second-order valence-electron chi connectivity index (χ2n) is 4.98. The summed E-state index contributed by atoms with van der Waals surface area (Å²) in [6, 6.07) is 11.1. The van der Waals surface area contributed by atoms with Crippen LogP contribution in [-0.2, 0) is 11.2 Å². The third-order valence-electron chi connectivity index (χ3n) is 3.23. The average molecular weight is 318 g/mol. The molecule has 6 nitrogen and oxygen atoms in total. The summed E-state index contributed by atoms with van der Waals surface area (Å²) in [5.41, 5.74) is 0.921. The average Bonchev–Trinajstić information content (AvgIpc) is 2.52. The van der Waals surface area contributed by atoms with Gasteiger partial charge in [-0.2, -0.15) is 0 Å². The molecule has 2 N–H and O–H groups in total. The fraction of sp³-hybridized carbons (Fsp3) is 0.188. The molecule has 0 bridgehead atoms. The third kappa shape index (κ3) is 4.86. The largest absolute Gasteiger partial charge is 0.387 e. The number of amides is 1. The lowest BCUT2D eigenvalue weighted by Crippen LogP contribution is -2.29. The minimum Gasteiger partial charge on any atom is -0.387 e. The van der Waals surface area contributed by atoms with E-state index in [9.17, 15) is 24.4 Å². The predicted molar refractivity (Wildman–Crippen MR) is 81.2 cm³/mol. The van der Waals surface area contributed by atoms with Gasteiger partial charge in [0.25, 0.3) is 5.69 Å². The van der Waals surface area contributed by atoms with Gasteiger partial charge < -0.3 is 10.4 Å². The lowest BCUT2D eigenvalue weighted by Gasteiger charge is -2.12. The van der Waals surface area contributed by atoms with Crippen molar-refractivity contribution in [2.45, 2.75) is 12.5 Å². The summed E-state index contributed by atoms with van der Waals surface area (Å²) in [5, 5.41) is 23.1. The van der Waals surface area contributed by atoms with Crippen LogP contribution in [0.4, 0.5) is 10.1 Å². The molecule has 0 heterocycles. The molecule has 23 heavy (non-hydrogen) atoms. The Labute approximate surface area is 131 Å². The number of carbonyl (C=O) groups is 1. The molecule has 1 unspecified atom stereocenters. The normalized spacial score (nSPS) is 11.7. The van der Waals surface area contributed by atoms with Crippen LogP contribution in [0.1, 0.15) is 17.2 Å². The van der Waals surface area contributed by atoms with Crippen LogP contribution in [0.2, 0.25) is 0 Å². The van der Waals surface area contributed by atoms with Crippen LogP contribution in [0, 0.1) is 15.9 Å². The van der Waals surface area contributed by atoms with Crippen LogP contribution < -0.4 is 5.32 Å². The maximum Gasteiger partial charge on any atom is 0.269 e. The van der Waals surface area contributed by atoms with Gasteiger partial charge >= 0.3 is 0 Å². The summed E-state index contributed by atoms with van der Waals surface area (Å²) in [7, 11) is 0. The molecule has 0 aliphatic rings. The van der Waals surface area contributed by atoms with Crippen molar-refractivity contribution in [1.29, 1.82) is 0 Å². The summed E-state index contributed by atoms with van der Waals surface area (Å²) in [6.45, 7) is -0.0358. The summed E-state index contributed by atoms with van der Waals surface area (Å²) >= 11 is 0. The Morgan fingerprint density at radius 2 is 1.96 bits per heavy atom. The van der Waals surface area contributed by atoms with Gasteiger partial charge in [0, 0.05) is 18.7 Å². The van der Waals surface area contributed by atoms with E-state index in [1.165, 1.54) is 42.5 Å². The van der Waals surface area contributed by atoms with E-state index in [-0.39, 0.29) is 24.6 Å². The van der Waals surface area contributed by atoms with E-state index in [0.717, 1.165) is 0 Å². The lowest BCUT2D eigenvalue weighted by atomic mass is 10.1. The number of nitro groups is 1. The van der Waals surface area contributed by atoms with E-state index in [1.54, 1.807) is 6.07 Å². The Kier molecular flexibility index (Phi) is 5.37. The van der Waals surface area contributed by atoms with Gasteiger partial charge in [0.2, 0.25) is 5.91 Å². The number of rotatable bonds is 6. The molecule has 0 aliphatic heterocycles. The fourth-order valence-electron chi connectivity index (χ4n) is 2.04. The van der Waals surface area contributed by atoms with Crippen molar-refractivity contribution >= 4 is 11.6 Å². The molecule has 0 radical (unpaired) electrons. The van der Waals surface area contributed by atoms with Gasteiger partial charge in [-0.1, -0.05) is 12.1 Å². The summed E-state index contributed by atoms with van der Waals surface area (Å²) in [6.07, 6.45) is -0.975. The molecule has 0 saturated heterocycles. The van der Waals surface area contributed by atoms with Gasteiger partial charge in [-0.05, 0) is 35.4 Å². The van der Waals surface area contributed by atoms with E-state index in [2.05, 4.69) is 5.32 Å². The van der Waals surface area contributed by atoms with Crippen LogP contribution in [0.15, 0.2) is 48.5 Å². The molecular formula is C16H15FN2O4. The van der Waals surface area contributed by atoms with Crippen LogP contribution in [0.3, 0.4) is 0 Å². The first-order chi connectivity index (χ1) is 11.0. The Bertz CT molecular complexity index is 703. The first kappa shape index (κ1) is 16.6. The molecule has 1 amide bonds. The zero-order chi connectivity index (χ0) is 16.8. The second kappa shape index (κ2) is 7.46. The monoisotopic (exact) mass is 318 g/mol. The van der Waals surface area contributed by atoms with E-state index in [1.807, 2.05) is 0 Å². The minimum absolute atomic E-state index is 0.00470. The zero-order valence-electron chi connectivity index (χ0n) is 12.1. The maximum absolute atomic E-state index is 13.0. The molecule has 0 aromatic heterocycles. The topological polar surface area (TPSA) is 92.5 Å². The molecule has 2 aromatic carbocycles. The fourth-order valence-corrected chi connectivity index (χ4v) is 2.04. The first-order valence-corrected chi connectivity index (χ1v) is 6.89. The number of hydrogen-bond acceptors (Lipinski definition) is 4. The quantitative estimate of drug-likeness (QED) is 0.630. The number of hydrogen-bond donors (Lipinski definition) is 2. The van der Waals surface area contributed by atoms with Gasteiger partial charge in [0.05, 0.1) is 17.4 Å². The van der Waals surface area contributed by atoms with Crippen molar-refractivity contribution in [2.24, 2.45) is 0 Å². The Morgan fingerprint density at radius 3 is 2.57 bits per heavy atom. The number of nitrogens with one attached hydrogen (secondary N) is 1. The third-order valence-corrected chi connectivity index (χ3v) is 3.23. The van der Waals surface area contributed by atoms with Crippen molar-refractivity contribution < 1.29 is 19.2 Å². The Hall–Kier alpha value is -2.80. The molecule has 120 valence electrons. The smallest absolute Gasteiger partial charge is 0.269 e. The van der Waals surface area contributed by atoms with Crippen LogP contribution >= 0.6 is 0 Å².